The van der Waals surface area contributed by atoms with E-state index in [0.29, 0.717) is 31.0 Å². The number of pyridine rings is 2. The van der Waals surface area contributed by atoms with Crippen LogP contribution in [0.5, 0.6) is 11.5 Å². The molecule has 12 heteroatoms. The molecule has 0 spiro atoms. The second-order valence-corrected chi connectivity index (χ2v) is 19.2. The van der Waals surface area contributed by atoms with Crippen LogP contribution in [0.25, 0.3) is 0 Å². The first-order chi connectivity index (χ1) is 31.7. The fourth-order valence-corrected chi connectivity index (χ4v) is 9.13. The Hall–Kier alpha value is -4.91. The Kier molecular flexibility index (Phi) is 20.2. The normalized spacial score (nSPS) is 20.4. The lowest BCUT2D eigenvalue weighted by Gasteiger charge is -2.28. The molecule has 6 heterocycles. The van der Waals surface area contributed by atoms with Gasteiger partial charge < -0.3 is 43.7 Å². The molecule has 4 aliphatic heterocycles. The number of amides is 1. The largest absolute Gasteiger partial charge is 0.490 e. The Balaban J connectivity index is 0.000000220. The first kappa shape index (κ1) is 50.5. The van der Waals surface area contributed by atoms with Crippen LogP contribution in [0.3, 0.4) is 0 Å². The molecule has 4 aliphatic rings. The van der Waals surface area contributed by atoms with Crippen LogP contribution in [0.15, 0.2) is 97.6 Å². The summed E-state index contributed by atoms with van der Waals surface area (Å²) < 4.78 is 29.6. The lowest BCUT2D eigenvalue weighted by molar-refractivity contribution is 0.0187. The van der Waals surface area contributed by atoms with Gasteiger partial charge in [0.2, 0.25) is 0 Å². The van der Waals surface area contributed by atoms with Crippen molar-refractivity contribution in [2.24, 2.45) is 11.8 Å². The summed E-state index contributed by atoms with van der Waals surface area (Å²) >= 11 is 0. The number of likely N-dealkylation sites (tertiary alicyclic amines) is 1. The third kappa shape index (κ3) is 16.8. The van der Waals surface area contributed by atoms with Crippen molar-refractivity contribution in [3.63, 3.8) is 0 Å². The van der Waals surface area contributed by atoms with Crippen LogP contribution in [-0.2, 0) is 27.1 Å². The highest BCUT2D eigenvalue weighted by Crippen LogP contribution is 2.29. The van der Waals surface area contributed by atoms with E-state index in [4.69, 9.17) is 23.7 Å². The second kappa shape index (κ2) is 26.4. The molecule has 66 heavy (non-hydrogen) atoms. The van der Waals surface area contributed by atoms with E-state index in [-0.39, 0.29) is 19.6 Å². The molecule has 0 bridgehead atoms. The summed E-state index contributed by atoms with van der Waals surface area (Å²) in [5.41, 5.74) is 4.50. The van der Waals surface area contributed by atoms with E-state index in [2.05, 4.69) is 97.9 Å². The van der Waals surface area contributed by atoms with Gasteiger partial charge in [-0.1, -0.05) is 68.1 Å². The fraction of sp³-hybridized carbons (Fsp3) is 0.574. The number of ether oxygens (including phenoxy) is 5. The molecule has 1 amide bonds. The van der Waals surface area contributed by atoms with E-state index in [9.17, 15) is 4.79 Å². The molecule has 8 rings (SSSR count). The smallest absolute Gasteiger partial charge is 0.410 e. The molecule has 0 aliphatic carbocycles. The number of benzene rings is 2. The van der Waals surface area contributed by atoms with Gasteiger partial charge in [0.05, 0.1) is 55.4 Å². The quantitative estimate of drug-likeness (QED) is 0.0857. The van der Waals surface area contributed by atoms with Crippen molar-refractivity contribution in [3.8, 4) is 11.5 Å². The number of carbonyl (C=O) groups excluding carboxylic acids is 1. The van der Waals surface area contributed by atoms with E-state index < -0.39 is 5.60 Å². The monoisotopic (exact) mass is 907 g/mol. The topological polar surface area (TPSA) is 111 Å². The molecule has 4 atom stereocenters. The van der Waals surface area contributed by atoms with Gasteiger partial charge in [-0.2, -0.15) is 0 Å². The lowest BCUT2D eigenvalue weighted by atomic mass is 10.1. The Labute approximate surface area is 395 Å². The SMILES string of the molecule is C.CC(C)(C)OC(=O)N1CCC[C@H]1COc1cncc(N2CC[C@@H](COCCCc3ccccc3)C2)c1.c1ccc(CCCOC[C@@H]2CCN(c3cncc(OC[C@@H]4CCCN4)c3)C2)cc1. The zero-order valence-corrected chi connectivity index (χ0v) is 39.3. The number of hydrogen-bond acceptors (Lipinski definition) is 11. The minimum atomic E-state index is -0.496. The molecule has 0 unspecified atom stereocenters. The first-order valence-electron chi connectivity index (χ1n) is 24.4. The van der Waals surface area contributed by atoms with Crippen molar-refractivity contribution < 1.29 is 28.5 Å². The van der Waals surface area contributed by atoms with Crippen LogP contribution in [-0.4, -0.2) is 118 Å². The summed E-state index contributed by atoms with van der Waals surface area (Å²) in [5, 5.41) is 3.47. The zero-order valence-electron chi connectivity index (χ0n) is 39.3. The molecule has 1 N–H and O–H groups in total. The molecular weight excluding hydrogens is 829 g/mol. The van der Waals surface area contributed by atoms with Crippen LogP contribution in [0.1, 0.15) is 90.7 Å². The van der Waals surface area contributed by atoms with E-state index in [1.807, 2.05) is 39.4 Å². The summed E-state index contributed by atoms with van der Waals surface area (Å²) in [6, 6.07) is 25.9. The van der Waals surface area contributed by atoms with Crippen LogP contribution in [0, 0.1) is 11.8 Å². The molecule has 360 valence electrons. The number of aromatic nitrogens is 2. The van der Waals surface area contributed by atoms with E-state index in [1.54, 1.807) is 11.1 Å². The van der Waals surface area contributed by atoms with E-state index >= 15 is 0 Å². The summed E-state index contributed by atoms with van der Waals surface area (Å²) in [4.78, 5) is 27.9. The third-order valence-electron chi connectivity index (χ3n) is 12.7. The first-order valence-corrected chi connectivity index (χ1v) is 24.4. The van der Waals surface area contributed by atoms with Gasteiger partial charge in [-0.05, 0) is 103 Å². The summed E-state index contributed by atoms with van der Waals surface area (Å²) in [6.07, 6.45) is 18.1. The van der Waals surface area contributed by atoms with Gasteiger partial charge in [-0.15, -0.1) is 0 Å². The number of aryl methyl sites for hydroxylation is 2. The van der Waals surface area contributed by atoms with Crippen molar-refractivity contribution in [1.29, 1.82) is 0 Å². The van der Waals surface area contributed by atoms with Crippen molar-refractivity contribution >= 4 is 17.5 Å². The van der Waals surface area contributed by atoms with Gasteiger partial charge in [0.25, 0.3) is 0 Å². The van der Waals surface area contributed by atoms with Crippen LogP contribution in [0.2, 0.25) is 0 Å². The van der Waals surface area contributed by atoms with Crippen LogP contribution < -0.4 is 24.6 Å². The van der Waals surface area contributed by atoms with Crippen LogP contribution >= 0.6 is 0 Å². The van der Waals surface area contributed by atoms with Gasteiger partial charge in [-0.25, -0.2) is 4.79 Å². The summed E-state index contributed by atoms with van der Waals surface area (Å²) in [7, 11) is 0. The maximum Gasteiger partial charge on any atom is 0.410 e. The minimum absolute atomic E-state index is 0. The maximum absolute atomic E-state index is 12.5. The summed E-state index contributed by atoms with van der Waals surface area (Å²) in [6.45, 7) is 16.0. The van der Waals surface area contributed by atoms with Crippen molar-refractivity contribution in [3.05, 3.63) is 109 Å². The molecule has 4 aromatic rings. The fourth-order valence-electron chi connectivity index (χ4n) is 9.13. The highest BCUT2D eigenvalue weighted by molar-refractivity contribution is 5.69. The number of nitrogens with one attached hydrogen (secondary N) is 1. The highest BCUT2D eigenvalue weighted by atomic mass is 16.6. The van der Waals surface area contributed by atoms with Crippen molar-refractivity contribution in [2.75, 3.05) is 88.7 Å². The number of nitrogens with zero attached hydrogens (tertiary/aromatic N) is 5. The van der Waals surface area contributed by atoms with Gasteiger partial charge in [0.1, 0.15) is 30.3 Å². The Morgan fingerprint density at radius 2 is 1.21 bits per heavy atom. The zero-order chi connectivity index (χ0) is 45.1. The standard InChI is InChI=1S/C29H41N3O4.C24H33N3O2.CH4/c1-29(2,3)36-28(33)32-14-7-12-25(32)22-35-27-17-26(18-30-19-27)31-15-13-24(20-31)21-34-16-8-11-23-9-5-4-6-10-23;1-2-6-20(7-3-1)8-5-13-28-18-21-10-12-27(17-21)23-14-24(16-25-15-23)29-19-22-9-4-11-26-22;/h4-6,9-10,17-19,24-25H,7-8,11-16,20-22H2,1-3H3;1-3,6-7,14-16,21-22,26H,4-5,8-13,17-19H2;1H4/t24-,25+;21-,22+;/m11./s1. The molecular formula is C54H78N6O6. The van der Waals surface area contributed by atoms with Gasteiger partial charge in [0, 0.05) is 75.9 Å². The molecule has 2 aromatic heterocycles. The average Bonchev–Trinajstić information content (AvgIpc) is 4.17. The van der Waals surface area contributed by atoms with E-state index in [1.165, 1.54) is 30.4 Å². The van der Waals surface area contributed by atoms with Gasteiger partial charge in [-0.3, -0.25) is 9.97 Å². The second-order valence-electron chi connectivity index (χ2n) is 19.2. The molecule has 4 fully saturated rings. The Morgan fingerprint density at radius 1 is 0.667 bits per heavy atom. The Bertz CT molecular complexity index is 1980. The van der Waals surface area contributed by atoms with Gasteiger partial charge in [0.15, 0.2) is 0 Å². The molecule has 2 aromatic carbocycles. The predicted octanol–water partition coefficient (Wildman–Crippen LogP) is 9.66. The highest BCUT2D eigenvalue weighted by Gasteiger charge is 2.33. The number of hydrogen-bond donors (Lipinski definition) is 1. The Morgan fingerprint density at radius 3 is 1.73 bits per heavy atom. The van der Waals surface area contributed by atoms with Crippen molar-refractivity contribution in [2.45, 2.75) is 110 Å². The maximum atomic E-state index is 12.5. The third-order valence-corrected chi connectivity index (χ3v) is 12.7. The summed E-state index contributed by atoms with van der Waals surface area (Å²) in [5.74, 6) is 2.74. The molecule has 12 nitrogen and oxygen atoms in total. The van der Waals surface area contributed by atoms with Crippen molar-refractivity contribution in [1.82, 2.24) is 20.2 Å². The number of rotatable bonds is 20. The number of carbonyl (C=O) groups is 1. The molecule has 0 radical (unpaired) electrons. The average molecular weight is 907 g/mol. The molecule has 4 saturated heterocycles. The lowest BCUT2D eigenvalue weighted by Crippen LogP contribution is -2.42. The minimum Gasteiger partial charge on any atom is -0.490 e. The van der Waals surface area contributed by atoms with E-state index in [0.717, 1.165) is 134 Å². The van der Waals surface area contributed by atoms with Crippen LogP contribution in [0.4, 0.5) is 16.2 Å². The number of anilines is 2. The van der Waals surface area contributed by atoms with Gasteiger partial charge >= 0.3 is 6.09 Å². The molecule has 0 saturated carbocycles. The predicted molar refractivity (Wildman–Crippen MR) is 265 cm³/mol.